The van der Waals surface area contributed by atoms with Gasteiger partial charge >= 0.3 is 0 Å². The summed E-state index contributed by atoms with van der Waals surface area (Å²) in [4.78, 5) is 0. The van der Waals surface area contributed by atoms with Crippen LogP contribution in [0.15, 0.2) is 0 Å². The average molecular weight is 211 g/mol. The summed E-state index contributed by atoms with van der Waals surface area (Å²) in [5.41, 5.74) is 0. The Balaban J connectivity index is 1.63. The highest BCUT2D eigenvalue weighted by Gasteiger charge is 2.21. The monoisotopic (exact) mass is 211 g/mol. The summed E-state index contributed by atoms with van der Waals surface area (Å²) in [6.07, 6.45) is 8.62. The van der Waals surface area contributed by atoms with Crippen LogP contribution in [-0.4, -0.2) is 25.8 Å². The molecule has 1 saturated heterocycles. The van der Waals surface area contributed by atoms with Crippen molar-refractivity contribution in [3.8, 4) is 0 Å². The molecule has 0 amide bonds. The van der Waals surface area contributed by atoms with E-state index in [0.717, 1.165) is 18.4 Å². The Morgan fingerprint density at radius 1 is 1.20 bits per heavy atom. The maximum atomic E-state index is 6.05. The first-order valence-electron chi connectivity index (χ1n) is 6.67. The molecule has 88 valence electrons. The van der Waals surface area contributed by atoms with E-state index in [9.17, 15) is 0 Å². The fourth-order valence-electron chi connectivity index (χ4n) is 2.87. The number of nitrogens with one attached hydrogen (secondary N) is 1. The quantitative estimate of drug-likeness (QED) is 0.774. The SMILES string of the molecule is CC1CCCC(OCC2CCCNC2)C1. The lowest BCUT2D eigenvalue weighted by molar-refractivity contribution is -0.00668. The van der Waals surface area contributed by atoms with Crippen molar-refractivity contribution in [3.05, 3.63) is 0 Å². The lowest BCUT2D eigenvalue weighted by atomic mass is 9.88. The number of piperidine rings is 1. The molecular formula is C13H25NO. The van der Waals surface area contributed by atoms with Gasteiger partial charge in [-0.1, -0.05) is 19.8 Å². The van der Waals surface area contributed by atoms with Crippen LogP contribution in [0.25, 0.3) is 0 Å². The van der Waals surface area contributed by atoms with Crippen molar-refractivity contribution in [2.24, 2.45) is 11.8 Å². The van der Waals surface area contributed by atoms with E-state index in [-0.39, 0.29) is 0 Å². The molecule has 1 aliphatic carbocycles. The number of hydrogen-bond acceptors (Lipinski definition) is 2. The van der Waals surface area contributed by atoms with Crippen molar-refractivity contribution in [1.82, 2.24) is 5.32 Å². The first kappa shape index (κ1) is 11.4. The fraction of sp³-hybridized carbons (Fsp3) is 1.00. The van der Waals surface area contributed by atoms with Crippen molar-refractivity contribution < 1.29 is 4.74 Å². The van der Waals surface area contributed by atoms with Gasteiger partial charge in [-0.3, -0.25) is 0 Å². The van der Waals surface area contributed by atoms with E-state index in [1.165, 1.54) is 51.6 Å². The molecule has 1 N–H and O–H groups in total. The summed E-state index contributed by atoms with van der Waals surface area (Å²) in [7, 11) is 0. The van der Waals surface area contributed by atoms with E-state index < -0.39 is 0 Å². The molecule has 2 heteroatoms. The molecule has 0 aromatic carbocycles. The summed E-state index contributed by atoms with van der Waals surface area (Å²) in [6, 6.07) is 0. The van der Waals surface area contributed by atoms with E-state index >= 15 is 0 Å². The normalized spacial score (nSPS) is 37.8. The molecule has 0 spiro atoms. The van der Waals surface area contributed by atoms with Gasteiger partial charge in [0.25, 0.3) is 0 Å². The Morgan fingerprint density at radius 3 is 2.87 bits per heavy atom. The predicted octanol–water partition coefficient (Wildman–Crippen LogP) is 2.58. The van der Waals surface area contributed by atoms with E-state index in [1.54, 1.807) is 0 Å². The summed E-state index contributed by atoms with van der Waals surface area (Å²) in [5, 5.41) is 3.45. The molecule has 0 bridgehead atoms. The second kappa shape index (κ2) is 5.86. The van der Waals surface area contributed by atoms with Crippen LogP contribution in [0, 0.1) is 11.8 Å². The molecule has 2 aliphatic rings. The Bertz CT molecular complexity index is 177. The maximum Gasteiger partial charge on any atom is 0.0577 e. The molecule has 2 fully saturated rings. The van der Waals surface area contributed by atoms with Gasteiger partial charge in [0, 0.05) is 6.54 Å². The minimum atomic E-state index is 0.565. The topological polar surface area (TPSA) is 21.3 Å². The van der Waals surface area contributed by atoms with Crippen molar-refractivity contribution in [2.45, 2.75) is 51.6 Å². The van der Waals surface area contributed by atoms with Gasteiger partial charge in [0.1, 0.15) is 0 Å². The molecule has 2 nitrogen and oxygen atoms in total. The number of hydrogen-bond donors (Lipinski definition) is 1. The van der Waals surface area contributed by atoms with Crippen molar-refractivity contribution in [2.75, 3.05) is 19.7 Å². The lowest BCUT2D eigenvalue weighted by Gasteiger charge is -2.29. The molecule has 1 heterocycles. The molecule has 1 aliphatic heterocycles. The van der Waals surface area contributed by atoms with Gasteiger partial charge in [0.05, 0.1) is 12.7 Å². The number of rotatable bonds is 3. The molecule has 3 unspecified atom stereocenters. The third-order valence-electron chi connectivity index (χ3n) is 3.85. The Morgan fingerprint density at radius 2 is 2.13 bits per heavy atom. The smallest absolute Gasteiger partial charge is 0.0577 e. The van der Waals surface area contributed by atoms with E-state index in [0.29, 0.717) is 6.10 Å². The Hall–Kier alpha value is -0.0800. The maximum absolute atomic E-state index is 6.05. The van der Waals surface area contributed by atoms with E-state index in [2.05, 4.69) is 12.2 Å². The lowest BCUT2D eigenvalue weighted by Crippen LogP contribution is -2.34. The molecule has 0 radical (unpaired) electrons. The van der Waals surface area contributed by atoms with Gasteiger partial charge in [0.15, 0.2) is 0 Å². The molecule has 1 saturated carbocycles. The van der Waals surface area contributed by atoms with Gasteiger partial charge in [-0.2, -0.15) is 0 Å². The third-order valence-corrected chi connectivity index (χ3v) is 3.85. The minimum Gasteiger partial charge on any atom is -0.378 e. The Kier molecular flexibility index (Phi) is 4.45. The minimum absolute atomic E-state index is 0.565. The zero-order valence-electron chi connectivity index (χ0n) is 10.0. The summed E-state index contributed by atoms with van der Waals surface area (Å²) < 4.78 is 6.05. The van der Waals surface area contributed by atoms with Crippen LogP contribution in [0.1, 0.15) is 45.4 Å². The molecule has 3 atom stereocenters. The highest BCUT2D eigenvalue weighted by molar-refractivity contribution is 4.73. The summed E-state index contributed by atoms with van der Waals surface area (Å²) in [6.45, 7) is 5.72. The molecule has 15 heavy (non-hydrogen) atoms. The Labute approximate surface area is 93.8 Å². The second-order valence-corrected chi connectivity index (χ2v) is 5.44. The zero-order chi connectivity index (χ0) is 10.5. The molecule has 2 rings (SSSR count). The summed E-state index contributed by atoms with van der Waals surface area (Å²) >= 11 is 0. The van der Waals surface area contributed by atoms with Crippen LogP contribution in [0.3, 0.4) is 0 Å². The van der Waals surface area contributed by atoms with Crippen LogP contribution >= 0.6 is 0 Å². The van der Waals surface area contributed by atoms with Crippen molar-refractivity contribution in [1.29, 1.82) is 0 Å². The largest absolute Gasteiger partial charge is 0.378 e. The summed E-state index contributed by atoms with van der Waals surface area (Å²) in [5.74, 6) is 1.66. The van der Waals surface area contributed by atoms with Crippen LogP contribution in [-0.2, 0) is 4.74 Å². The van der Waals surface area contributed by atoms with E-state index in [1.807, 2.05) is 0 Å². The highest BCUT2D eigenvalue weighted by atomic mass is 16.5. The van der Waals surface area contributed by atoms with E-state index in [4.69, 9.17) is 4.74 Å². The van der Waals surface area contributed by atoms with Gasteiger partial charge in [-0.15, -0.1) is 0 Å². The molecular weight excluding hydrogens is 186 g/mol. The first-order chi connectivity index (χ1) is 7.34. The fourth-order valence-corrected chi connectivity index (χ4v) is 2.87. The zero-order valence-corrected chi connectivity index (χ0v) is 10.0. The van der Waals surface area contributed by atoms with Crippen LogP contribution in [0.5, 0.6) is 0 Å². The molecule has 0 aromatic heterocycles. The van der Waals surface area contributed by atoms with Gasteiger partial charge in [-0.05, 0) is 44.1 Å². The van der Waals surface area contributed by atoms with Crippen LogP contribution in [0.4, 0.5) is 0 Å². The van der Waals surface area contributed by atoms with Gasteiger partial charge in [-0.25, -0.2) is 0 Å². The third kappa shape index (κ3) is 3.76. The first-order valence-corrected chi connectivity index (χ1v) is 6.67. The van der Waals surface area contributed by atoms with Crippen molar-refractivity contribution in [3.63, 3.8) is 0 Å². The molecule has 0 aromatic rings. The number of ether oxygens (including phenoxy) is 1. The standard InChI is InChI=1S/C13H25NO/c1-11-4-2-6-13(8-11)15-10-12-5-3-7-14-9-12/h11-14H,2-10H2,1H3. The second-order valence-electron chi connectivity index (χ2n) is 5.44. The van der Waals surface area contributed by atoms with Crippen LogP contribution in [0.2, 0.25) is 0 Å². The van der Waals surface area contributed by atoms with Crippen molar-refractivity contribution >= 4 is 0 Å². The van der Waals surface area contributed by atoms with Gasteiger partial charge < -0.3 is 10.1 Å². The highest BCUT2D eigenvalue weighted by Crippen LogP contribution is 2.26. The average Bonchev–Trinajstić information content (AvgIpc) is 2.28. The predicted molar refractivity (Wildman–Crippen MR) is 63.0 cm³/mol. The van der Waals surface area contributed by atoms with Crippen LogP contribution < -0.4 is 5.32 Å². The van der Waals surface area contributed by atoms with Gasteiger partial charge in [0.2, 0.25) is 0 Å².